The average molecular weight is 205 g/mol. The normalized spacial score (nSPS) is 16.6. The number of nitrogens with one attached hydrogen (secondary N) is 1. The van der Waals surface area contributed by atoms with Crippen LogP contribution in [0.15, 0.2) is 47.3 Å². The van der Waals surface area contributed by atoms with Gasteiger partial charge >= 0.3 is 0 Å². The SMILES string of the molecule is C=C1CC(C)=C(/C=C\C(C)=C/C)N1.CC. The fourth-order valence-corrected chi connectivity index (χ4v) is 1.25. The van der Waals surface area contributed by atoms with E-state index < -0.39 is 0 Å². The Morgan fingerprint density at radius 2 is 2.00 bits per heavy atom. The molecule has 1 N–H and O–H groups in total. The van der Waals surface area contributed by atoms with Crippen LogP contribution in [0.5, 0.6) is 0 Å². The minimum absolute atomic E-state index is 0.981. The van der Waals surface area contributed by atoms with E-state index in [2.05, 4.69) is 44.0 Å². The topological polar surface area (TPSA) is 12.0 Å². The second-order valence-electron chi connectivity index (χ2n) is 3.47. The molecule has 1 heteroatoms. The first-order valence-electron chi connectivity index (χ1n) is 5.59. The Kier molecular flexibility index (Phi) is 6.52. The van der Waals surface area contributed by atoms with Gasteiger partial charge in [-0.3, -0.25) is 0 Å². The molecular weight excluding hydrogens is 182 g/mol. The summed E-state index contributed by atoms with van der Waals surface area (Å²) in [6, 6.07) is 0. The first-order chi connectivity index (χ1) is 7.13. The van der Waals surface area contributed by atoms with Crippen molar-refractivity contribution < 1.29 is 0 Å². The maximum atomic E-state index is 3.90. The van der Waals surface area contributed by atoms with Gasteiger partial charge in [0, 0.05) is 17.8 Å². The van der Waals surface area contributed by atoms with Crippen LogP contribution in [0.3, 0.4) is 0 Å². The molecule has 0 bridgehead atoms. The monoisotopic (exact) mass is 205 g/mol. The Morgan fingerprint density at radius 3 is 2.40 bits per heavy atom. The summed E-state index contributed by atoms with van der Waals surface area (Å²) >= 11 is 0. The summed E-state index contributed by atoms with van der Waals surface area (Å²) in [5.41, 5.74) is 4.94. The number of allylic oxidation sites excluding steroid dienone is 5. The summed E-state index contributed by atoms with van der Waals surface area (Å²) in [7, 11) is 0. The Balaban J connectivity index is 0.000000921. The van der Waals surface area contributed by atoms with Gasteiger partial charge in [-0.25, -0.2) is 0 Å². The van der Waals surface area contributed by atoms with Crippen LogP contribution in [-0.4, -0.2) is 0 Å². The second kappa shape index (κ2) is 7.10. The zero-order valence-electron chi connectivity index (χ0n) is 10.6. The first-order valence-corrected chi connectivity index (χ1v) is 5.59. The van der Waals surface area contributed by atoms with Crippen molar-refractivity contribution in [3.8, 4) is 0 Å². The predicted octanol–water partition coefficient (Wildman–Crippen LogP) is 4.32. The highest BCUT2D eigenvalue weighted by Crippen LogP contribution is 2.20. The maximum absolute atomic E-state index is 3.90. The molecule has 0 atom stereocenters. The van der Waals surface area contributed by atoms with E-state index in [-0.39, 0.29) is 0 Å². The van der Waals surface area contributed by atoms with Gasteiger partial charge in [-0.15, -0.1) is 0 Å². The van der Waals surface area contributed by atoms with Crippen molar-refractivity contribution in [3.05, 3.63) is 47.3 Å². The van der Waals surface area contributed by atoms with E-state index in [0.29, 0.717) is 0 Å². The largest absolute Gasteiger partial charge is 0.359 e. The van der Waals surface area contributed by atoms with Crippen LogP contribution in [0.25, 0.3) is 0 Å². The van der Waals surface area contributed by atoms with Gasteiger partial charge in [0.25, 0.3) is 0 Å². The van der Waals surface area contributed by atoms with E-state index in [1.807, 2.05) is 20.8 Å². The van der Waals surface area contributed by atoms with Crippen molar-refractivity contribution in [2.75, 3.05) is 0 Å². The molecule has 0 aromatic heterocycles. The van der Waals surface area contributed by atoms with Crippen LogP contribution in [0.4, 0.5) is 0 Å². The van der Waals surface area contributed by atoms with Gasteiger partial charge in [0.2, 0.25) is 0 Å². The van der Waals surface area contributed by atoms with E-state index in [0.717, 1.165) is 12.1 Å². The Morgan fingerprint density at radius 1 is 1.40 bits per heavy atom. The summed E-state index contributed by atoms with van der Waals surface area (Å²) in [4.78, 5) is 0. The molecule has 1 nitrogen and oxygen atoms in total. The van der Waals surface area contributed by atoms with Gasteiger partial charge in [0.15, 0.2) is 0 Å². The van der Waals surface area contributed by atoms with Crippen LogP contribution in [0.1, 0.15) is 41.0 Å². The summed E-state index contributed by atoms with van der Waals surface area (Å²) in [5, 5.41) is 3.25. The fourth-order valence-electron chi connectivity index (χ4n) is 1.25. The van der Waals surface area contributed by atoms with Gasteiger partial charge in [-0.2, -0.15) is 0 Å². The van der Waals surface area contributed by atoms with Crippen molar-refractivity contribution in [1.29, 1.82) is 0 Å². The van der Waals surface area contributed by atoms with Crippen molar-refractivity contribution in [3.63, 3.8) is 0 Å². The summed E-state index contributed by atoms with van der Waals surface area (Å²) < 4.78 is 0. The highest BCUT2D eigenvalue weighted by molar-refractivity contribution is 5.37. The van der Waals surface area contributed by atoms with Crippen LogP contribution in [0.2, 0.25) is 0 Å². The average Bonchev–Trinajstić information content (AvgIpc) is 2.57. The fraction of sp³-hybridized carbons (Fsp3) is 0.429. The van der Waals surface area contributed by atoms with Gasteiger partial charge in [-0.05, 0) is 32.4 Å². The second-order valence-corrected chi connectivity index (χ2v) is 3.47. The van der Waals surface area contributed by atoms with Gasteiger partial charge in [0.05, 0.1) is 0 Å². The lowest BCUT2D eigenvalue weighted by Crippen LogP contribution is -2.02. The zero-order valence-corrected chi connectivity index (χ0v) is 10.6. The van der Waals surface area contributed by atoms with Crippen molar-refractivity contribution in [1.82, 2.24) is 5.32 Å². The number of hydrogen-bond acceptors (Lipinski definition) is 1. The molecule has 1 rings (SSSR count). The predicted molar refractivity (Wildman–Crippen MR) is 69.5 cm³/mol. The zero-order chi connectivity index (χ0) is 11.8. The molecule has 1 heterocycles. The molecule has 1 aliphatic rings. The van der Waals surface area contributed by atoms with Crippen molar-refractivity contribution >= 4 is 0 Å². The molecule has 0 amide bonds. The molecule has 84 valence electrons. The highest BCUT2D eigenvalue weighted by Gasteiger charge is 2.09. The maximum Gasteiger partial charge on any atom is 0.0374 e. The van der Waals surface area contributed by atoms with Crippen LogP contribution >= 0.6 is 0 Å². The van der Waals surface area contributed by atoms with E-state index in [1.165, 1.54) is 16.8 Å². The quantitative estimate of drug-likeness (QED) is 0.662. The molecule has 0 aliphatic carbocycles. The van der Waals surface area contributed by atoms with Crippen molar-refractivity contribution in [2.45, 2.75) is 41.0 Å². The van der Waals surface area contributed by atoms with E-state index in [9.17, 15) is 0 Å². The lowest BCUT2D eigenvalue weighted by atomic mass is 10.2. The molecule has 0 fully saturated rings. The Hall–Kier alpha value is -1.24. The minimum atomic E-state index is 0.981. The van der Waals surface area contributed by atoms with Gasteiger partial charge < -0.3 is 5.32 Å². The third-order valence-electron chi connectivity index (χ3n) is 2.22. The summed E-state index contributed by atoms with van der Waals surface area (Å²) in [6.45, 7) is 14.2. The van der Waals surface area contributed by atoms with Gasteiger partial charge in [0.1, 0.15) is 0 Å². The van der Waals surface area contributed by atoms with Crippen LogP contribution in [-0.2, 0) is 0 Å². The van der Waals surface area contributed by atoms with Crippen LogP contribution in [0, 0.1) is 0 Å². The van der Waals surface area contributed by atoms with E-state index in [4.69, 9.17) is 0 Å². The molecular formula is C14H23N. The molecule has 0 unspecified atom stereocenters. The minimum Gasteiger partial charge on any atom is -0.359 e. The molecule has 0 spiro atoms. The number of rotatable bonds is 2. The molecule has 1 aliphatic heterocycles. The van der Waals surface area contributed by atoms with Crippen molar-refractivity contribution in [2.24, 2.45) is 0 Å². The third-order valence-corrected chi connectivity index (χ3v) is 2.22. The van der Waals surface area contributed by atoms with E-state index >= 15 is 0 Å². The summed E-state index contributed by atoms with van der Waals surface area (Å²) in [5.74, 6) is 0. The molecule has 0 radical (unpaired) electrons. The smallest absolute Gasteiger partial charge is 0.0374 e. The standard InChI is InChI=1S/C12H17N.C2H6/c1-5-9(2)6-7-12-10(3)8-11(4)13-12;1-2/h5-7,13H,4,8H2,1-3H3;1-2H3/b7-6-,9-5-;. The van der Waals surface area contributed by atoms with E-state index in [1.54, 1.807) is 0 Å². The lowest BCUT2D eigenvalue weighted by Gasteiger charge is -1.98. The lowest BCUT2D eigenvalue weighted by molar-refractivity contribution is 1.04. The molecule has 0 saturated heterocycles. The molecule has 0 saturated carbocycles. The van der Waals surface area contributed by atoms with Crippen LogP contribution < -0.4 is 5.32 Å². The third kappa shape index (κ3) is 4.68. The molecule has 15 heavy (non-hydrogen) atoms. The molecule has 0 aromatic rings. The molecule has 0 aromatic carbocycles. The summed E-state index contributed by atoms with van der Waals surface area (Å²) in [6.07, 6.45) is 7.30. The highest BCUT2D eigenvalue weighted by atomic mass is 14.9. The first kappa shape index (κ1) is 13.8. The number of hydrogen-bond donors (Lipinski definition) is 1. The Labute approximate surface area is 94.3 Å². The Bertz CT molecular complexity index is 303. The van der Waals surface area contributed by atoms with Gasteiger partial charge in [-0.1, -0.05) is 38.2 Å².